The molecule has 0 atom stereocenters. The summed E-state index contributed by atoms with van der Waals surface area (Å²) in [5.41, 5.74) is 5.34. The highest BCUT2D eigenvalue weighted by atomic mass is 14.8. The van der Waals surface area contributed by atoms with Gasteiger partial charge in [-0.3, -0.25) is 4.98 Å². The van der Waals surface area contributed by atoms with E-state index in [4.69, 9.17) is 4.98 Å². The molecule has 3 rings (SSSR count). The van der Waals surface area contributed by atoms with E-state index in [2.05, 4.69) is 36.2 Å². The van der Waals surface area contributed by atoms with Crippen molar-refractivity contribution in [3.8, 4) is 22.6 Å². The van der Waals surface area contributed by atoms with Crippen LogP contribution in [0.3, 0.4) is 0 Å². The first-order valence-corrected chi connectivity index (χ1v) is 7.34. The molecule has 0 N–H and O–H groups in total. The predicted molar refractivity (Wildman–Crippen MR) is 86.9 cm³/mol. The summed E-state index contributed by atoms with van der Waals surface area (Å²) in [5, 5.41) is 0. The summed E-state index contributed by atoms with van der Waals surface area (Å²) in [6, 6.07) is 20.6. The van der Waals surface area contributed by atoms with Gasteiger partial charge in [-0.25, -0.2) is 4.98 Å². The molecule has 2 heterocycles. The van der Waals surface area contributed by atoms with Crippen LogP contribution in [-0.2, 0) is 6.42 Å². The van der Waals surface area contributed by atoms with Crippen LogP contribution in [0.5, 0.6) is 0 Å². The Labute approximate surface area is 125 Å². The van der Waals surface area contributed by atoms with Gasteiger partial charge in [0.15, 0.2) is 0 Å². The minimum Gasteiger partial charge on any atom is -0.255 e. The van der Waals surface area contributed by atoms with E-state index in [0.29, 0.717) is 0 Å². The fourth-order valence-electron chi connectivity index (χ4n) is 2.42. The van der Waals surface area contributed by atoms with Crippen LogP contribution in [0.1, 0.15) is 18.9 Å². The molecular formula is C19H18N2. The lowest BCUT2D eigenvalue weighted by atomic mass is 10.0. The van der Waals surface area contributed by atoms with E-state index in [0.717, 1.165) is 35.5 Å². The fourth-order valence-corrected chi connectivity index (χ4v) is 2.42. The summed E-state index contributed by atoms with van der Waals surface area (Å²) in [7, 11) is 0. The number of hydrogen-bond acceptors (Lipinski definition) is 2. The molecule has 1 aromatic carbocycles. The quantitative estimate of drug-likeness (QED) is 0.685. The van der Waals surface area contributed by atoms with Gasteiger partial charge in [0.05, 0.1) is 17.1 Å². The molecule has 0 aliphatic heterocycles. The average Bonchev–Trinajstić information content (AvgIpc) is 2.56. The molecule has 2 nitrogen and oxygen atoms in total. The van der Waals surface area contributed by atoms with Gasteiger partial charge >= 0.3 is 0 Å². The number of pyridine rings is 2. The van der Waals surface area contributed by atoms with Gasteiger partial charge in [0.1, 0.15) is 0 Å². The molecule has 0 aliphatic rings. The highest BCUT2D eigenvalue weighted by molar-refractivity contribution is 5.65. The number of hydrogen-bond donors (Lipinski definition) is 0. The zero-order chi connectivity index (χ0) is 14.5. The number of benzene rings is 1. The molecule has 0 aliphatic carbocycles. The van der Waals surface area contributed by atoms with Gasteiger partial charge in [0, 0.05) is 11.8 Å². The van der Waals surface area contributed by atoms with Gasteiger partial charge < -0.3 is 0 Å². The fraction of sp³-hybridized carbons (Fsp3) is 0.158. The van der Waals surface area contributed by atoms with E-state index in [9.17, 15) is 0 Å². The van der Waals surface area contributed by atoms with Crippen molar-refractivity contribution in [2.75, 3.05) is 0 Å². The SMILES string of the molecule is CCCc1cc(-c2ccccc2)nc(-c2ccccn2)c1. The molecular weight excluding hydrogens is 256 g/mol. The van der Waals surface area contributed by atoms with Crippen LogP contribution in [0, 0.1) is 0 Å². The van der Waals surface area contributed by atoms with Gasteiger partial charge in [0.25, 0.3) is 0 Å². The van der Waals surface area contributed by atoms with Crippen LogP contribution in [0.4, 0.5) is 0 Å². The minimum absolute atomic E-state index is 0.924. The highest BCUT2D eigenvalue weighted by Crippen LogP contribution is 2.24. The molecule has 2 heteroatoms. The first-order valence-electron chi connectivity index (χ1n) is 7.34. The van der Waals surface area contributed by atoms with Gasteiger partial charge in [-0.05, 0) is 36.2 Å². The Balaban J connectivity index is 2.11. The summed E-state index contributed by atoms with van der Waals surface area (Å²) in [6.07, 6.45) is 3.99. The lowest BCUT2D eigenvalue weighted by Gasteiger charge is -2.08. The summed E-state index contributed by atoms with van der Waals surface area (Å²) < 4.78 is 0. The van der Waals surface area contributed by atoms with E-state index >= 15 is 0 Å². The summed E-state index contributed by atoms with van der Waals surface area (Å²) in [5.74, 6) is 0. The molecule has 0 fully saturated rings. The van der Waals surface area contributed by atoms with Crippen LogP contribution >= 0.6 is 0 Å². The molecule has 0 saturated heterocycles. The number of aromatic nitrogens is 2. The van der Waals surface area contributed by atoms with Gasteiger partial charge in [-0.2, -0.15) is 0 Å². The Morgan fingerprint density at radius 1 is 0.810 bits per heavy atom. The van der Waals surface area contributed by atoms with Gasteiger partial charge in [0.2, 0.25) is 0 Å². The molecule has 21 heavy (non-hydrogen) atoms. The third kappa shape index (κ3) is 3.16. The first kappa shape index (κ1) is 13.5. The average molecular weight is 274 g/mol. The summed E-state index contributed by atoms with van der Waals surface area (Å²) >= 11 is 0. The van der Waals surface area contributed by atoms with E-state index in [1.807, 2.05) is 42.6 Å². The van der Waals surface area contributed by atoms with E-state index in [1.54, 1.807) is 0 Å². The predicted octanol–water partition coefficient (Wildman–Crippen LogP) is 4.76. The maximum absolute atomic E-state index is 4.79. The second-order valence-corrected chi connectivity index (χ2v) is 5.08. The maximum Gasteiger partial charge on any atom is 0.0896 e. The smallest absolute Gasteiger partial charge is 0.0896 e. The highest BCUT2D eigenvalue weighted by Gasteiger charge is 2.07. The molecule has 104 valence electrons. The Bertz CT molecular complexity index is 648. The van der Waals surface area contributed by atoms with Crippen molar-refractivity contribution in [1.29, 1.82) is 0 Å². The standard InChI is InChI=1S/C19H18N2/c1-2-8-15-13-18(16-9-4-3-5-10-16)21-19(14-15)17-11-6-7-12-20-17/h3-7,9-14H,2,8H2,1H3. The minimum atomic E-state index is 0.924. The lowest BCUT2D eigenvalue weighted by Crippen LogP contribution is -1.94. The lowest BCUT2D eigenvalue weighted by molar-refractivity contribution is 0.919. The van der Waals surface area contributed by atoms with Crippen LogP contribution in [0.25, 0.3) is 22.6 Å². The van der Waals surface area contributed by atoms with Gasteiger partial charge in [-0.15, -0.1) is 0 Å². The molecule has 3 aromatic rings. The van der Waals surface area contributed by atoms with Crippen LogP contribution in [0.2, 0.25) is 0 Å². The van der Waals surface area contributed by atoms with Crippen LogP contribution in [0.15, 0.2) is 66.9 Å². The van der Waals surface area contributed by atoms with Crippen molar-refractivity contribution >= 4 is 0 Å². The van der Waals surface area contributed by atoms with Crippen molar-refractivity contribution in [3.05, 3.63) is 72.4 Å². The Kier molecular flexibility index (Phi) is 4.06. The number of nitrogens with zero attached hydrogens (tertiary/aromatic N) is 2. The number of rotatable bonds is 4. The zero-order valence-electron chi connectivity index (χ0n) is 12.2. The Morgan fingerprint density at radius 2 is 1.57 bits per heavy atom. The molecule has 0 radical (unpaired) electrons. The molecule has 0 bridgehead atoms. The molecule has 0 spiro atoms. The van der Waals surface area contributed by atoms with E-state index < -0.39 is 0 Å². The van der Waals surface area contributed by atoms with E-state index in [-0.39, 0.29) is 0 Å². The van der Waals surface area contributed by atoms with Crippen molar-refractivity contribution in [2.24, 2.45) is 0 Å². The van der Waals surface area contributed by atoms with Crippen molar-refractivity contribution in [2.45, 2.75) is 19.8 Å². The third-order valence-corrected chi connectivity index (χ3v) is 3.42. The molecule has 2 aromatic heterocycles. The Morgan fingerprint density at radius 3 is 2.29 bits per heavy atom. The Hall–Kier alpha value is -2.48. The van der Waals surface area contributed by atoms with E-state index in [1.165, 1.54) is 5.56 Å². The largest absolute Gasteiger partial charge is 0.255 e. The van der Waals surface area contributed by atoms with Crippen molar-refractivity contribution < 1.29 is 0 Å². The third-order valence-electron chi connectivity index (χ3n) is 3.42. The normalized spacial score (nSPS) is 10.5. The summed E-state index contributed by atoms with van der Waals surface area (Å²) in [4.78, 5) is 9.22. The first-order chi connectivity index (χ1) is 10.4. The molecule has 0 saturated carbocycles. The van der Waals surface area contributed by atoms with Crippen LogP contribution < -0.4 is 0 Å². The molecule has 0 unspecified atom stereocenters. The van der Waals surface area contributed by atoms with Gasteiger partial charge in [-0.1, -0.05) is 49.7 Å². The summed E-state index contributed by atoms with van der Waals surface area (Å²) in [6.45, 7) is 2.20. The number of aryl methyl sites for hydroxylation is 1. The second kappa shape index (κ2) is 6.31. The maximum atomic E-state index is 4.79. The molecule has 0 amide bonds. The van der Waals surface area contributed by atoms with Crippen LogP contribution in [-0.4, -0.2) is 9.97 Å². The van der Waals surface area contributed by atoms with Crippen molar-refractivity contribution in [1.82, 2.24) is 9.97 Å². The monoisotopic (exact) mass is 274 g/mol. The zero-order valence-corrected chi connectivity index (χ0v) is 12.2. The van der Waals surface area contributed by atoms with Crippen molar-refractivity contribution in [3.63, 3.8) is 0 Å². The second-order valence-electron chi connectivity index (χ2n) is 5.08. The topological polar surface area (TPSA) is 25.8 Å².